The molecule has 0 aliphatic carbocycles. The van der Waals surface area contributed by atoms with Gasteiger partial charge in [-0.1, -0.05) is 24.6 Å². The van der Waals surface area contributed by atoms with Crippen molar-refractivity contribution >= 4 is 22.5 Å². The number of benzene rings is 1. The van der Waals surface area contributed by atoms with E-state index in [2.05, 4.69) is 9.97 Å². The highest BCUT2D eigenvalue weighted by Crippen LogP contribution is 2.25. The van der Waals surface area contributed by atoms with Crippen LogP contribution in [-0.2, 0) is 6.42 Å². The van der Waals surface area contributed by atoms with Gasteiger partial charge in [0.15, 0.2) is 0 Å². The highest BCUT2D eigenvalue weighted by molar-refractivity contribution is 6.34. The smallest absolute Gasteiger partial charge is 0.149 e. The van der Waals surface area contributed by atoms with Crippen LogP contribution in [-0.4, -0.2) is 9.97 Å². The molecule has 0 radical (unpaired) electrons. The van der Waals surface area contributed by atoms with Crippen molar-refractivity contribution in [2.45, 2.75) is 20.3 Å². The molecule has 1 heterocycles. The molecule has 0 amide bonds. The highest BCUT2D eigenvalue weighted by Gasteiger charge is 2.11. The molecule has 4 heteroatoms. The van der Waals surface area contributed by atoms with Crippen molar-refractivity contribution in [2.75, 3.05) is 0 Å². The van der Waals surface area contributed by atoms with E-state index in [1.807, 2.05) is 13.8 Å². The predicted molar refractivity (Wildman–Crippen MR) is 58.6 cm³/mol. The second kappa shape index (κ2) is 3.74. The highest BCUT2D eigenvalue weighted by atomic mass is 35.5. The van der Waals surface area contributed by atoms with Crippen LogP contribution in [0.5, 0.6) is 0 Å². The molecule has 0 atom stereocenters. The van der Waals surface area contributed by atoms with Gasteiger partial charge in [-0.3, -0.25) is 0 Å². The molecule has 2 rings (SSSR count). The Bertz CT molecular complexity index is 525. The lowest BCUT2D eigenvalue weighted by Crippen LogP contribution is -1.97. The van der Waals surface area contributed by atoms with Gasteiger partial charge in [-0.05, 0) is 18.6 Å². The second-order valence-electron chi connectivity index (χ2n) is 3.37. The quantitative estimate of drug-likeness (QED) is 0.695. The summed E-state index contributed by atoms with van der Waals surface area (Å²) in [4.78, 5) is 8.25. The number of nitrogens with zero attached hydrogens (tertiary/aromatic N) is 2. The number of fused-ring (bicyclic) bond motifs is 1. The normalized spacial score (nSPS) is 10.9. The monoisotopic (exact) mass is 224 g/mol. The summed E-state index contributed by atoms with van der Waals surface area (Å²) in [6.07, 6.45) is 0.642. The Morgan fingerprint density at radius 1 is 1.33 bits per heavy atom. The molecule has 15 heavy (non-hydrogen) atoms. The summed E-state index contributed by atoms with van der Waals surface area (Å²) in [5.41, 5.74) is 1.20. The molecular formula is C11H10ClFN2. The summed E-state index contributed by atoms with van der Waals surface area (Å²) in [5, 5.41) is 0.933. The van der Waals surface area contributed by atoms with Gasteiger partial charge >= 0.3 is 0 Å². The molecule has 0 spiro atoms. The molecule has 0 aliphatic heterocycles. The van der Waals surface area contributed by atoms with Crippen LogP contribution in [0.2, 0.25) is 5.15 Å². The fourth-order valence-corrected chi connectivity index (χ4v) is 1.85. The first kappa shape index (κ1) is 10.3. The van der Waals surface area contributed by atoms with Crippen molar-refractivity contribution in [1.29, 1.82) is 0 Å². The molecule has 0 bridgehead atoms. The van der Waals surface area contributed by atoms with Gasteiger partial charge in [0.2, 0.25) is 0 Å². The van der Waals surface area contributed by atoms with Gasteiger partial charge in [0.05, 0.1) is 0 Å². The van der Waals surface area contributed by atoms with Crippen LogP contribution >= 0.6 is 11.6 Å². The van der Waals surface area contributed by atoms with Gasteiger partial charge < -0.3 is 0 Å². The van der Waals surface area contributed by atoms with Crippen molar-refractivity contribution in [3.8, 4) is 0 Å². The Morgan fingerprint density at radius 2 is 2.07 bits per heavy atom. The molecule has 78 valence electrons. The zero-order valence-electron chi connectivity index (χ0n) is 8.51. The number of aryl methyl sites for hydroxylation is 2. The average Bonchev–Trinajstić information content (AvgIpc) is 2.23. The number of aromatic nitrogens is 2. The Hall–Kier alpha value is -1.22. The summed E-state index contributed by atoms with van der Waals surface area (Å²) in [5.74, 6) is 0.214. The Morgan fingerprint density at radius 3 is 2.73 bits per heavy atom. The SMILES string of the molecule is CCc1nc(Cl)c2c(C)ccc(F)c2n1. The topological polar surface area (TPSA) is 25.8 Å². The number of hydrogen-bond donors (Lipinski definition) is 0. The van der Waals surface area contributed by atoms with Crippen molar-refractivity contribution in [1.82, 2.24) is 9.97 Å². The van der Waals surface area contributed by atoms with Crippen LogP contribution in [0.3, 0.4) is 0 Å². The summed E-state index contributed by atoms with van der Waals surface area (Å²) in [7, 11) is 0. The van der Waals surface area contributed by atoms with E-state index in [0.717, 1.165) is 5.56 Å². The van der Waals surface area contributed by atoms with E-state index in [-0.39, 0.29) is 5.82 Å². The van der Waals surface area contributed by atoms with E-state index >= 15 is 0 Å². The van der Waals surface area contributed by atoms with Gasteiger partial charge in [-0.25, -0.2) is 14.4 Å². The third kappa shape index (κ3) is 1.67. The first-order valence-corrected chi connectivity index (χ1v) is 5.12. The Labute approximate surface area is 92.1 Å². The van der Waals surface area contributed by atoms with E-state index < -0.39 is 0 Å². The van der Waals surface area contributed by atoms with Crippen molar-refractivity contribution in [3.63, 3.8) is 0 Å². The van der Waals surface area contributed by atoms with Gasteiger partial charge in [0.25, 0.3) is 0 Å². The van der Waals surface area contributed by atoms with Crippen molar-refractivity contribution in [3.05, 3.63) is 34.5 Å². The van der Waals surface area contributed by atoms with E-state index in [1.54, 1.807) is 6.07 Å². The zero-order valence-corrected chi connectivity index (χ0v) is 9.27. The molecule has 0 saturated heterocycles. The van der Waals surface area contributed by atoms with Crippen LogP contribution in [0.4, 0.5) is 4.39 Å². The molecule has 2 nitrogen and oxygen atoms in total. The standard InChI is InChI=1S/C11H10ClFN2/c1-3-8-14-10-7(13)5-4-6(2)9(10)11(12)15-8/h4-5H,3H2,1-2H3. The molecule has 0 N–H and O–H groups in total. The first-order chi connectivity index (χ1) is 7.13. The minimum absolute atomic E-state index is 0.312. The van der Waals surface area contributed by atoms with Crippen LogP contribution in [0, 0.1) is 12.7 Å². The van der Waals surface area contributed by atoms with Gasteiger partial charge in [-0.15, -0.1) is 0 Å². The average molecular weight is 225 g/mol. The lowest BCUT2D eigenvalue weighted by molar-refractivity contribution is 0.635. The van der Waals surface area contributed by atoms with Gasteiger partial charge in [0, 0.05) is 11.8 Å². The fraction of sp³-hybridized carbons (Fsp3) is 0.273. The number of halogens is 2. The molecule has 0 saturated carbocycles. The van der Waals surface area contributed by atoms with Crippen LogP contribution in [0.1, 0.15) is 18.3 Å². The van der Waals surface area contributed by atoms with E-state index in [9.17, 15) is 4.39 Å². The minimum atomic E-state index is -0.352. The minimum Gasteiger partial charge on any atom is -0.230 e. The third-order valence-electron chi connectivity index (χ3n) is 2.33. The van der Waals surface area contributed by atoms with Crippen LogP contribution in [0.15, 0.2) is 12.1 Å². The van der Waals surface area contributed by atoms with E-state index in [0.29, 0.717) is 28.3 Å². The molecular weight excluding hydrogens is 215 g/mol. The summed E-state index contributed by atoms with van der Waals surface area (Å²) in [6, 6.07) is 3.08. The summed E-state index contributed by atoms with van der Waals surface area (Å²) in [6.45, 7) is 3.77. The second-order valence-corrected chi connectivity index (χ2v) is 3.73. The maximum atomic E-state index is 13.5. The van der Waals surface area contributed by atoms with E-state index in [1.165, 1.54) is 6.07 Å². The number of rotatable bonds is 1. The maximum Gasteiger partial charge on any atom is 0.149 e. The largest absolute Gasteiger partial charge is 0.230 e. The van der Waals surface area contributed by atoms with Crippen LogP contribution in [0.25, 0.3) is 10.9 Å². The maximum absolute atomic E-state index is 13.5. The molecule has 0 fully saturated rings. The lowest BCUT2D eigenvalue weighted by atomic mass is 10.1. The Kier molecular flexibility index (Phi) is 2.57. The molecule has 2 aromatic rings. The van der Waals surface area contributed by atoms with Crippen molar-refractivity contribution in [2.24, 2.45) is 0 Å². The molecule has 0 aliphatic rings. The number of hydrogen-bond acceptors (Lipinski definition) is 2. The van der Waals surface area contributed by atoms with Gasteiger partial charge in [-0.2, -0.15) is 0 Å². The van der Waals surface area contributed by atoms with Gasteiger partial charge in [0.1, 0.15) is 22.3 Å². The first-order valence-electron chi connectivity index (χ1n) is 4.74. The third-order valence-corrected chi connectivity index (χ3v) is 2.60. The predicted octanol–water partition coefficient (Wildman–Crippen LogP) is 3.29. The Balaban J connectivity index is 2.90. The summed E-state index contributed by atoms with van der Waals surface area (Å²) >= 11 is 6.00. The fourth-order valence-electron chi connectivity index (χ4n) is 1.52. The lowest BCUT2D eigenvalue weighted by Gasteiger charge is -2.06. The summed E-state index contributed by atoms with van der Waals surface area (Å²) < 4.78 is 13.5. The molecule has 0 unspecified atom stereocenters. The zero-order chi connectivity index (χ0) is 11.0. The molecule has 1 aromatic carbocycles. The van der Waals surface area contributed by atoms with Crippen LogP contribution < -0.4 is 0 Å². The molecule has 1 aromatic heterocycles. The van der Waals surface area contributed by atoms with E-state index in [4.69, 9.17) is 11.6 Å². The van der Waals surface area contributed by atoms with Crippen molar-refractivity contribution < 1.29 is 4.39 Å².